The van der Waals surface area contributed by atoms with Crippen LogP contribution in [0.3, 0.4) is 0 Å². The largest absolute Gasteiger partial charge is 0.481 e. The third-order valence-corrected chi connectivity index (χ3v) is 2.18. The molecule has 0 aromatic rings. The van der Waals surface area contributed by atoms with Crippen molar-refractivity contribution in [1.82, 2.24) is 5.32 Å². The fraction of sp³-hybridized carbons (Fsp3) is 0.583. The van der Waals surface area contributed by atoms with Gasteiger partial charge >= 0.3 is 5.97 Å². The highest BCUT2D eigenvalue weighted by Gasteiger charge is 2.04. The Morgan fingerprint density at radius 2 is 1.93 bits per heavy atom. The highest BCUT2D eigenvalue weighted by atomic mass is 16.4. The van der Waals surface area contributed by atoms with E-state index < -0.39 is 5.97 Å². The Hall–Kier alpha value is -1.09. The second-order valence-electron chi connectivity index (χ2n) is 3.62. The molecule has 2 N–H and O–H groups in total. The van der Waals surface area contributed by atoms with E-state index in [9.17, 15) is 4.79 Å². The zero-order valence-corrected chi connectivity index (χ0v) is 9.24. The van der Waals surface area contributed by atoms with Crippen LogP contribution in [0.15, 0.2) is 25.3 Å². The van der Waals surface area contributed by atoms with Gasteiger partial charge in [0.25, 0.3) is 0 Å². The number of aliphatic carboxylic acids is 1. The van der Waals surface area contributed by atoms with Gasteiger partial charge in [-0.3, -0.25) is 4.79 Å². The summed E-state index contributed by atoms with van der Waals surface area (Å²) in [5.74, 6) is -0.199. The molecule has 0 radical (unpaired) electrons. The van der Waals surface area contributed by atoms with Crippen LogP contribution in [0.5, 0.6) is 0 Å². The minimum absolute atomic E-state index is 0.237. The van der Waals surface area contributed by atoms with E-state index in [-0.39, 0.29) is 6.42 Å². The van der Waals surface area contributed by atoms with E-state index in [1.165, 1.54) is 0 Å². The van der Waals surface area contributed by atoms with Gasteiger partial charge in [-0.15, -0.1) is 13.2 Å². The van der Waals surface area contributed by atoms with E-state index in [2.05, 4.69) is 18.5 Å². The van der Waals surface area contributed by atoms with E-state index in [1.54, 1.807) is 0 Å². The van der Waals surface area contributed by atoms with Gasteiger partial charge in [0.2, 0.25) is 0 Å². The first-order valence-electron chi connectivity index (χ1n) is 5.35. The predicted molar refractivity (Wildman–Crippen MR) is 62.9 cm³/mol. The molecule has 0 heterocycles. The molecule has 0 saturated heterocycles. The first-order chi connectivity index (χ1) is 7.20. The molecule has 0 aliphatic carbocycles. The molecule has 0 aromatic heterocycles. The Kier molecular flexibility index (Phi) is 8.78. The van der Waals surface area contributed by atoms with Crippen LogP contribution in [-0.2, 0) is 4.79 Å². The van der Waals surface area contributed by atoms with E-state index in [4.69, 9.17) is 5.11 Å². The maximum absolute atomic E-state index is 10.2. The summed E-state index contributed by atoms with van der Waals surface area (Å²) < 4.78 is 0. The van der Waals surface area contributed by atoms with Gasteiger partial charge in [-0.1, -0.05) is 12.2 Å². The average molecular weight is 211 g/mol. The van der Waals surface area contributed by atoms with E-state index in [1.807, 2.05) is 12.2 Å². The van der Waals surface area contributed by atoms with Crippen LogP contribution in [0.1, 0.15) is 25.7 Å². The lowest BCUT2D eigenvalue weighted by Gasteiger charge is -2.13. The van der Waals surface area contributed by atoms with Crippen molar-refractivity contribution in [2.45, 2.75) is 25.7 Å². The van der Waals surface area contributed by atoms with Crippen molar-refractivity contribution >= 4 is 5.97 Å². The maximum Gasteiger partial charge on any atom is 0.303 e. The molecule has 0 spiro atoms. The smallest absolute Gasteiger partial charge is 0.303 e. The lowest BCUT2D eigenvalue weighted by atomic mass is 10.0. The fourth-order valence-corrected chi connectivity index (χ4v) is 1.41. The monoisotopic (exact) mass is 211 g/mol. The van der Waals surface area contributed by atoms with Crippen LogP contribution < -0.4 is 5.32 Å². The molecule has 0 saturated carbocycles. The van der Waals surface area contributed by atoms with E-state index in [0.717, 1.165) is 25.9 Å². The summed E-state index contributed by atoms with van der Waals surface area (Å²) in [7, 11) is 0. The molecule has 86 valence electrons. The van der Waals surface area contributed by atoms with Gasteiger partial charge < -0.3 is 10.4 Å². The number of nitrogens with one attached hydrogen (secondary N) is 1. The topological polar surface area (TPSA) is 49.3 Å². The number of carboxylic acid groups (broad SMARTS) is 1. The Balaban J connectivity index is 3.47. The third-order valence-electron chi connectivity index (χ3n) is 2.18. The van der Waals surface area contributed by atoms with Crippen LogP contribution >= 0.6 is 0 Å². The molecule has 3 nitrogen and oxygen atoms in total. The molecule has 0 atom stereocenters. The van der Waals surface area contributed by atoms with Crippen LogP contribution in [0, 0.1) is 5.92 Å². The molecule has 0 aliphatic rings. The van der Waals surface area contributed by atoms with Crippen molar-refractivity contribution < 1.29 is 9.90 Å². The fourth-order valence-electron chi connectivity index (χ4n) is 1.41. The van der Waals surface area contributed by atoms with Crippen molar-refractivity contribution in [2.75, 3.05) is 13.1 Å². The number of hydrogen-bond acceptors (Lipinski definition) is 2. The average Bonchev–Trinajstić information content (AvgIpc) is 2.17. The minimum atomic E-state index is -0.731. The Morgan fingerprint density at radius 3 is 2.40 bits per heavy atom. The van der Waals surface area contributed by atoms with E-state index >= 15 is 0 Å². The van der Waals surface area contributed by atoms with Crippen LogP contribution in [-0.4, -0.2) is 24.2 Å². The molecule has 0 aromatic carbocycles. The SMILES string of the molecule is C=CCC(CC=C)CNCCCC(=O)O. The summed E-state index contributed by atoms with van der Waals surface area (Å²) in [4.78, 5) is 10.2. The van der Waals surface area contributed by atoms with Gasteiger partial charge in [-0.25, -0.2) is 0 Å². The van der Waals surface area contributed by atoms with Crippen LogP contribution in [0.25, 0.3) is 0 Å². The summed E-state index contributed by atoms with van der Waals surface area (Å²) >= 11 is 0. The van der Waals surface area contributed by atoms with Crippen molar-refractivity contribution in [2.24, 2.45) is 5.92 Å². The number of allylic oxidation sites excluding steroid dienone is 2. The summed E-state index contributed by atoms with van der Waals surface area (Å²) in [6.45, 7) is 9.08. The zero-order chi connectivity index (χ0) is 11.5. The summed E-state index contributed by atoms with van der Waals surface area (Å²) in [6, 6.07) is 0. The first-order valence-corrected chi connectivity index (χ1v) is 5.35. The maximum atomic E-state index is 10.2. The molecule has 0 aliphatic heterocycles. The second kappa shape index (κ2) is 9.46. The zero-order valence-electron chi connectivity index (χ0n) is 9.24. The van der Waals surface area contributed by atoms with Gasteiger partial charge in [-0.05, 0) is 38.3 Å². The highest BCUT2D eigenvalue weighted by Crippen LogP contribution is 2.08. The predicted octanol–water partition coefficient (Wildman–Crippen LogP) is 2.21. The first kappa shape index (κ1) is 13.9. The third kappa shape index (κ3) is 9.22. The molecular weight excluding hydrogens is 190 g/mol. The van der Waals surface area contributed by atoms with Crippen molar-refractivity contribution in [3.05, 3.63) is 25.3 Å². The Bertz CT molecular complexity index is 192. The molecule has 15 heavy (non-hydrogen) atoms. The number of hydrogen-bond donors (Lipinski definition) is 2. The van der Waals surface area contributed by atoms with Gasteiger partial charge in [-0.2, -0.15) is 0 Å². The molecule has 0 fully saturated rings. The Labute approximate surface area is 91.9 Å². The lowest BCUT2D eigenvalue weighted by Crippen LogP contribution is -2.23. The van der Waals surface area contributed by atoms with Gasteiger partial charge in [0.15, 0.2) is 0 Å². The van der Waals surface area contributed by atoms with Crippen LogP contribution in [0.2, 0.25) is 0 Å². The van der Waals surface area contributed by atoms with Crippen LogP contribution in [0.4, 0.5) is 0 Å². The van der Waals surface area contributed by atoms with Gasteiger partial charge in [0, 0.05) is 6.42 Å². The van der Waals surface area contributed by atoms with Crippen molar-refractivity contribution in [3.8, 4) is 0 Å². The number of carbonyl (C=O) groups is 1. The number of rotatable bonds is 10. The minimum Gasteiger partial charge on any atom is -0.481 e. The van der Waals surface area contributed by atoms with Gasteiger partial charge in [0.1, 0.15) is 0 Å². The summed E-state index contributed by atoms with van der Waals surface area (Å²) in [5.41, 5.74) is 0. The molecule has 0 rings (SSSR count). The number of carboxylic acids is 1. The summed E-state index contributed by atoms with van der Waals surface area (Å²) in [5, 5.41) is 11.7. The molecule has 0 bridgehead atoms. The molecule has 3 heteroatoms. The molecular formula is C12H21NO2. The quantitative estimate of drug-likeness (QED) is 0.430. The standard InChI is InChI=1S/C12H21NO2/c1-3-6-11(7-4-2)10-13-9-5-8-12(14)15/h3-4,11,13H,1-2,5-10H2,(H,14,15). The van der Waals surface area contributed by atoms with E-state index in [0.29, 0.717) is 12.3 Å². The Morgan fingerprint density at radius 1 is 1.33 bits per heavy atom. The van der Waals surface area contributed by atoms with Crippen molar-refractivity contribution in [1.29, 1.82) is 0 Å². The lowest BCUT2D eigenvalue weighted by molar-refractivity contribution is -0.137. The molecule has 0 unspecified atom stereocenters. The van der Waals surface area contributed by atoms with Crippen molar-refractivity contribution in [3.63, 3.8) is 0 Å². The normalized spacial score (nSPS) is 10.2. The van der Waals surface area contributed by atoms with Gasteiger partial charge in [0.05, 0.1) is 0 Å². The second-order valence-corrected chi connectivity index (χ2v) is 3.62. The highest BCUT2D eigenvalue weighted by molar-refractivity contribution is 5.66. The summed E-state index contributed by atoms with van der Waals surface area (Å²) in [6.07, 6.45) is 6.68. The molecule has 0 amide bonds.